The number of hydrogen-bond acceptors (Lipinski definition) is 5. The number of nitrogens with zero attached hydrogens (tertiary/aromatic N) is 4. The van der Waals surface area contributed by atoms with Crippen molar-refractivity contribution in [1.29, 1.82) is 0 Å². The van der Waals surface area contributed by atoms with E-state index in [1.807, 2.05) is 24.3 Å². The highest BCUT2D eigenvalue weighted by Crippen LogP contribution is 2.18. The van der Waals surface area contributed by atoms with E-state index in [9.17, 15) is 14.4 Å². The van der Waals surface area contributed by atoms with E-state index in [-0.39, 0.29) is 23.6 Å². The summed E-state index contributed by atoms with van der Waals surface area (Å²) in [5, 5.41) is 3.17. The zero-order valence-electron chi connectivity index (χ0n) is 16.9. The summed E-state index contributed by atoms with van der Waals surface area (Å²) >= 11 is 0. The third-order valence-electron chi connectivity index (χ3n) is 5.70. The Balaban J connectivity index is 1.32. The van der Waals surface area contributed by atoms with Gasteiger partial charge in [0.05, 0.1) is 21.8 Å². The fourth-order valence-electron chi connectivity index (χ4n) is 4.06. The first-order valence-corrected chi connectivity index (χ1v) is 10.3. The maximum atomic E-state index is 12.9. The first-order valence-electron chi connectivity index (χ1n) is 10.3. The minimum atomic E-state index is -0.380. The summed E-state index contributed by atoms with van der Waals surface area (Å²) in [6.45, 7) is 2.32. The van der Waals surface area contributed by atoms with Crippen LogP contribution in [0.3, 0.4) is 0 Å². The summed E-state index contributed by atoms with van der Waals surface area (Å²) in [5.74, 6) is 0.602. The van der Waals surface area contributed by atoms with E-state index in [2.05, 4.69) is 20.0 Å². The van der Waals surface area contributed by atoms with Gasteiger partial charge in [0.1, 0.15) is 6.54 Å². The molecule has 0 saturated carbocycles. The van der Waals surface area contributed by atoms with Crippen molar-refractivity contribution in [3.8, 4) is 0 Å². The smallest absolute Gasteiger partial charge is 0.273 e. The summed E-state index contributed by atoms with van der Waals surface area (Å²) in [5.41, 5.74) is 1.14. The molecule has 1 saturated heterocycles. The molecular formula is C22H22N6O3. The second-order valence-corrected chi connectivity index (χ2v) is 7.68. The van der Waals surface area contributed by atoms with E-state index < -0.39 is 0 Å². The topological polar surface area (TPSA) is 107 Å². The number of carbonyl (C=O) groups is 1. The molecule has 4 aromatic rings. The van der Waals surface area contributed by atoms with Gasteiger partial charge in [-0.3, -0.25) is 19.5 Å². The van der Waals surface area contributed by atoms with Gasteiger partial charge >= 0.3 is 0 Å². The fourth-order valence-corrected chi connectivity index (χ4v) is 4.06. The number of aromatic amines is 2. The Labute approximate surface area is 176 Å². The van der Waals surface area contributed by atoms with E-state index in [0.717, 1.165) is 34.6 Å². The van der Waals surface area contributed by atoms with E-state index in [4.69, 9.17) is 0 Å². The molecule has 2 N–H and O–H groups in total. The zero-order chi connectivity index (χ0) is 21.4. The number of aromatic nitrogens is 4. The molecule has 0 aliphatic carbocycles. The molecule has 0 bridgehead atoms. The van der Waals surface area contributed by atoms with Crippen LogP contribution >= 0.6 is 0 Å². The molecule has 158 valence electrons. The second kappa shape index (κ2) is 7.75. The van der Waals surface area contributed by atoms with Crippen molar-refractivity contribution < 1.29 is 4.79 Å². The van der Waals surface area contributed by atoms with Gasteiger partial charge in [-0.1, -0.05) is 24.3 Å². The van der Waals surface area contributed by atoms with E-state index in [1.54, 1.807) is 29.2 Å². The molecule has 9 heteroatoms. The third-order valence-corrected chi connectivity index (χ3v) is 5.70. The lowest BCUT2D eigenvalue weighted by atomic mass is 10.2. The fraction of sp³-hybridized carbons (Fsp3) is 0.273. The van der Waals surface area contributed by atoms with Crippen LogP contribution in [-0.2, 0) is 11.3 Å². The molecule has 0 unspecified atom stereocenters. The van der Waals surface area contributed by atoms with Gasteiger partial charge in [-0.2, -0.15) is 0 Å². The van der Waals surface area contributed by atoms with Crippen LogP contribution in [0.1, 0.15) is 6.42 Å². The minimum Gasteiger partial charge on any atom is -0.341 e. The number of H-pyrrole nitrogens is 2. The molecule has 1 aliphatic rings. The van der Waals surface area contributed by atoms with Crippen molar-refractivity contribution >= 4 is 33.7 Å². The lowest BCUT2D eigenvalue weighted by molar-refractivity contribution is -0.131. The predicted molar refractivity (Wildman–Crippen MR) is 118 cm³/mol. The standard InChI is InChI=1S/C22H22N6O3/c29-19(14-28-21(31)16-7-2-1-6-15(16)20(30)25-28)26-10-5-11-27(13-12-26)22-23-17-8-3-4-9-18(17)24-22/h1-4,6-9H,5,10-14H2,(H,23,24)(H,25,30). The summed E-state index contributed by atoms with van der Waals surface area (Å²) in [7, 11) is 0. The number of amides is 1. The van der Waals surface area contributed by atoms with Gasteiger partial charge in [-0.25, -0.2) is 9.67 Å². The average Bonchev–Trinajstić information content (AvgIpc) is 3.06. The molecule has 0 atom stereocenters. The van der Waals surface area contributed by atoms with Crippen molar-refractivity contribution in [1.82, 2.24) is 24.6 Å². The highest BCUT2D eigenvalue weighted by molar-refractivity contribution is 5.81. The first-order chi connectivity index (χ1) is 15.1. The van der Waals surface area contributed by atoms with Crippen LogP contribution in [0.5, 0.6) is 0 Å². The molecular weight excluding hydrogens is 396 g/mol. The predicted octanol–water partition coefficient (Wildman–Crippen LogP) is 1.30. The van der Waals surface area contributed by atoms with Crippen LogP contribution in [0.25, 0.3) is 21.8 Å². The second-order valence-electron chi connectivity index (χ2n) is 7.68. The zero-order valence-corrected chi connectivity index (χ0v) is 16.9. The Bertz CT molecular complexity index is 1350. The Kier molecular flexibility index (Phi) is 4.78. The monoisotopic (exact) mass is 418 g/mol. The van der Waals surface area contributed by atoms with E-state index >= 15 is 0 Å². The van der Waals surface area contributed by atoms with Gasteiger partial charge < -0.3 is 14.8 Å². The molecule has 1 aliphatic heterocycles. The van der Waals surface area contributed by atoms with Crippen LogP contribution in [0.15, 0.2) is 58.1 Å². The minimum absolute atomic E-state index is 0.191. The Morgan fingerprint density at radius 3 is 2.55 bits per heavy atom. The largest absolute Gasteiger partial charge is 0.341 e. The first kappa shape index (κ1) is 19.1. The van der Waals surface area contributed by atoms with Crippen LogP contribution in [-0.4, -0.2) is 56.7 Å². The highest BCUT2D eigenvalue weighted by atomic mass is 16.2. The number of anilines is 1. The summed E-state index contributed by atoms with van der Waals surface area (Å²) in [6.07, 6.45) is 0.784. The third kappa shape index (κ3) is 3.58. The van der Waals surface area contributed by atoms with Crippen molar-refractivity contribution in [3.63, 3.8) is 0 Å². The van der Waals surface area contributed by atoms with Gasteiger partial charge in [0.2, 0.25) is 11.9 Å². The Morgan fingerprint density at radius 1 is 0.935 bits per heavy atom. The number of imidazole rings is 1. The number of benzene rings is 2. The Hall–Kier alpha value is -3.88. The van der Waals surface area contributed by atoms with Crippen molar-refractivity contribution in [2.75, 3.05) is 31.1 Å². The van der Waals surface area contributed by atoms with Gasteiger partial charge in [-0.15, -0.1) is 0 Å². The average molecular weight is 418 g/mol. The summed E-state index contributed by atoms with van der Waals surface area (Å²) < 4.78 is 1.11. The molecule has 1 amide bonds. The number of para-hydroxylation sites is 2. The maximum absolute atomic E-state index is 12.9. The molecule has 2 aromatic carbocycles. The van der Waals surface area contributed by atoms with Crippen LogP contribution in [0, 0.1) is 0 Å². The molecule has 3 heterocycles. The molecule has 31 heavy (non-hydrogen) atoms. The SMILES string of the molecule is O=C(Cn1[nH]c(=O)c2ccccc2c1=O)N1CCCN(c2nc3ccccc3[nH]2)CC1. The number of nitrogens with one attached hydrogen (secondary N) is 2. The van der Waals surface area contributed by atoms with Crippen molar-refractivity contribution in [2.24, 2.45) is 0 Å². The van der Waals surface area contributed by atoms with E-state index in [1.165, 1.54) is 0 Å². The number of carbonyl (C=O) groups excluding carboxylic acids is 1. The van der Waals surface area contributed by atoms with Gasteiger partial charge in [0, 0.05) is 26.2 Å². The summed E-state index contributed by atoms with van der Waals surface area (Å²) in [4.78, 5) is 49.7. The molecule has 0 radical (unpaired) electrons. The quantitative estimate of drug-likeness (QED) is 0.522. The number of hydrogen-bond donors (Lipinski definition) is 2. The number of rotatable bonds is 3. The molecule has 2 aromatic heterocycles. The van der Waals surface area contributed by atoms with Crippen LogP contribution < -0.4 is 16.0 Å². The maximum Gasteiger partial charge on any atom is 0.273 e. The highest BCUT2D eigenvalue weighted by Gasteiger charge is 2.22. The van der Waals surface area contributed by atoms with Crippen LogP contribution in [0.2, 0.25) is 0 Å². The van der Waals surface area contributed by atoms with Crippen molar-refractivity contribution in [2.45, 2.75) is 13.0 Å². The molecule has 5 rings (SSSR count). The lowest BCUT2D eigenvalue weighted by Gasteiger charge is -2.22. The van der Waals surface area contributed by atoms with Gasteiger partial charge in [0.15, 0.2) is 0 Å². The van der Waals surface area contributed by atoms with Gasteiger partial charge in [0.25, 0.3) is 11.1 Å². The van der Waals surface area contributed by atoms with Crippen LogP contribution in [0.4, 0.5) is 5.95 Å². The van der Waals surface area contributed by atoms with Crippen molar-refractivity contribution in [3.05, 3.63) is 69.2 Å². The summed E-state index contributed by atoms with van der Waals surface area (Å²) in [6, 6.07) is 14.5. The molecule has 0 spiro atoms. The van der Waals surface area contributed by atoms with E-state index in [0.29, 0.717) is 30.4 Å². The molecule has 1 fully saturated rings. The lowest BCUT2D eigenvalue weighted by Crippen LogP contribution is -2.41. The number of fused-ring (bicyclic) bond motifs is 2. The normalized spacial score (nSPS) is 14.8. The van der Waals surface area contributed by atoms with Gasteiger partial charge in [-0.05, 0) is 30.7 Å². The Morgan fingerprint density at radius 2 is 1.71 bits per heavy atom. The molecule has 9 nitrogen and oxygen atoms in total.